The average molecular weight is 1000 g/mol. The second-order valence-electron chi connectivity index (χ2n) is 22.0. The van der Waals surface area contributed by atoms with Crippen molar-refractivity contribution in [3.8, 4) is 11.1 Å². The minimum absolute atomic E-state index is 0.100. The Kier molecular flexibility index (Phi) is 14.0. The highest BCUT2D eigenvalue weighted by Crippen LogP contribution is 2.55. The molecule has 4 heteroatoms. The van der Waals surface area contributed by atoms with Crippen LogP contribution in [-0.4, -0.2) is 21.6 Å². The summed E-state index contributed by atoms with van der Waals surface area (Å²) in [5.41, 5.74) is 24.7. The topological polar surface area (TPSA) is 13.1 Å². The third-order valence-electron chi connectivity index (χ3n) is 16.7. The number of rotatable bonds is 4. The predicted octanol–water partition coefficient (Wildman–Crippen LogP) is 19.2. The largest absolute Gasteiger partial charge is 0.344 e. The Bertz CT molecular complexity index is 3920. The van der Waals surface area contributed by atoms with Crippen molar-refractivity contribution in [2.45, 2.75) is 97.8 Å². The molecule has 2 heterocycles. The number of hydrogen-bond donors (Lipinski definition) is 0. The van der Waals surface area contributed by atoms with Gasteiger partial charge in [0.2, 0.25) is 0 Å². The molecule has 14 rings (SSSR count). The van der Waals surface area contributed by atoms with Gasteiger partial charge in [0.25, 0.3) is 0 Å². The van der Waals surface area contributed by atoms with Gasteiger partial charge in [0.1, 0.15) is 0 Å². The van der Waals surface area contributed by atoms with Crippen molar-refractivity contribution in [2.75, 3.05) is 17.4 Å². The molecule has 0 unspecified atom stereocenters. The zero-order chi connectivity index (χ0) is 52.0. The smallest absolute Gasteiger partial charge is 0.0543 e. The van der Waals surface area contributed by atoms with Crippen molar-refractivity contribution in [1.82, 2.24) is 9.13 Å². The van der Waals surface area contributed by atoms with Crippen molar-refractivity contribution < 1.29 is 0 Å². The zero-order valence-electron chi connectivity index (χ0n) is 45.8. The summed E-state index contributed by atoms with van der Waals surface area (Å²) < 4.78 is 4.63. The summed E-state index contributed by atoms with van der Waals surface area (Å²) in [5, 5.41) is 7.93. The maximum absolute atomic E-state index is 2.54. The Hall–Kier alpha value is -7.01. The van der Waals surface area contributed by atoms with Gasteiger partial charge in [-0.25, -0.2) is 0 Å². The van der Waals surface area contributed by atoms with Crippen molar-refractivity contribution in [3.05, 3.63) is 220 Å². The van der Waals surface area contributed by atoms with Crippen LogP contribution in [0.15, 0.2) is 170 Å². The van der Waals surface area contributed by atoms with E-state index in [9.17, 15) is 0 Å². The number of para-hydroxylation sites is 2. The van der Waals surface area contributed by atoms with Crippen LogP contribution in [0.4, 0.5) is 17.1 Å². The fourth-order valence-electron chi connectivity index (χ4n) is 12.7. The SMILES string of the molecule is CCc1ccc2c3ccccc3n(C)c2c1.CSC.Cc1ccc2c(c1)C(C)(C)c1cc(N(c3ccc4c(c3)CCCC4)c3ccc4c5ccccc5n(C)c4c3)c3ccccc3c1-2.Cc1ccc2c(c1)CCCC2. The number of fused-ring (bicyclic) bond motifs is 13. The van der Waals surface area contributed by atoms with Gasteiger partial charge in [-0.2, -0.15) is 11.8 Å². The standard InChI is InChI=1S/C43H38N2.C15H15N.C11H14.C2H6S/c1-27-17-21-36-37(23-27)43(2,3)38-26-41(33-14-7-8-15-35(33)42(36)38)45(30-19-18-28-11-5-6-12-29(28)24-30)31-20-22-34-32-13-9-10-16-39(32)44(4)40(34)25-31;1-3-11-8-9-13-12-6-4-5-7-14(12)16(2)15(13)10-11;1-9-6-7-10-4-2-3-5-11(10)8-9;1-3-2/h7-10,13-26H,5-6,11-12H2,1-4H3;4-10H,3H2,1-2H3;6-8H,2-5H2,1H3;1-2H3. The molecule has 0 spiro atoms. The Morgan fingerprint density at radius 2 is 0.933 bits per heavy atom. The summed E-state index contributed by atoms with van der Waals surface area (Å²) in [5.74, 6) is 0. The lowest BCUT2D eigenvalue weighted by atomic mass is 9.81. The number of hydrogen-bond acceptors (Lipinski definition) is 2. The molecule has 0 saturated carbocycles. The zero-order valence-corrected chi connectivity index (χ0v) is 46.6. The quantitative estimate of drug-likeness (QED) is 0.174. The maximum Gasteiger partial charge on any atom is 0.0543 e. The first-order chi connectivity index (χ1) is 36.5. The van der Waals surface area contributed by atoms with Gasteiger partial charge >= 0.3 is 0 Å². The monoisotopic (exact) mass is 1000 g/mol. The van der Waals surface area contributed by atoms with Gasteiger partial charge in [0.05, 0.1) is 11.2 Å². The summed E-state index contributed by atoms with van der Waals surface area (Å²) in [6.07, 6.45) is 15.5. The predicted molar refractivity (Wildman–Crippen MR) is 329 cm³/mol. The van der Waals surface area contributed by atoms with E-state index in [1.165, 1.54) is 166 Å². The molecule has 0 atom stereocenters. The van der Waals surface area contributed by atoms with Crippen LogP contribution in [0.3, 0.4) is 0 Å². The van der Waals surface area contributed by atoms with Gasteiger partial charge in [-0.05, 0) is 188 Å². The van der Waals surface area contributed by atoms with Crippen LogP contribution in [0.2, 0.25) is 0 Å². The molecule has 0 saturated heterocycles. The third-order valence-corrected chi connectivity index (χ3v) is 16.7. The third kappa shape index (κ3) is 9.24. The second kappa shape index (κ2) is 21.0. The lowest BCUT2D eigenvalue weighted by Crippen LogP contribution is -2.17. The second-order valence-corrected chi connectivity index (χ2v) is 22.8. The number of anilines is 3. The Labute approximate surface area is 450 Å². The van der Waals surface area contributed by atoms with Crippen LogP contribution in [0.25, 0.3) is 65.5 Å². The van der Waals surface area contributed by atoms with Gasteiger partial charge in [-0.1, -0.05) is 153 Å². The molecule has 3 aliphatic rings. The number of aryl methyl sites for hydroxylation is 9. The average Bonchev–Trinajstić information content (AvgIpc) is 3.98. The first kappa shape index (κ1) is 50.2. The minimum Gasteiger partial charge on any atom is -0.344 e. The minimum atomic E-state index is -0.100. The van der Waals surface area contributed by atoms with Crippen LogP contribution in [0.1, 0.15) is 96.5 Å². The van der Waals surface area contributed by atoms with Gasteiger partial charge in [0.15, 0.2) is 0 Å². The highest BCUT2D eigenvalue weighted by atomic mass is 32.2. The van der Waals surface area contributed by atoms with E-state index in [2.05, 4.69) is 233 Å². The van der Waals surface area contributed by atoms with Crippen LogP contribution in [0, 0.1) is 13.8 Å². The summed E-state index contributed by atoms with van der Waals surface area (Å²) in [7, 11) is 4.34. The number of aromatic nitrogens is 2. The van der Waals surface area contributed by atoms with Gasteiger partial charge in [-0.15, -0.1) is 0 Å². The molecule has 0 N–H and O–H groups in total. The molecule has 3 aliphatic carbocycles. The summed E-state index contributed by atoms with van der Waals surface area (Å²) in [4.78, 5) is 2.54. The van der Waals surface area contributed by atoms with E-state index in [0.29, 0.717) is 0 Å². The van der Waals surface area contributed by atoms with Crippen molar-refractivity contribution in [3.63, 3.8) is 0 Å². The number of nitrogens with zero attached hydrogens (tertiary/aromatic N) is 3. The van der Waals surface area contributed by atoms with E-state index in [1.807, 2.05) is 12.5 Å². The van der Waals surface area contributed by atoms with E-state index >= 15 is 0 Å². The number of thioether (sulfide) groups is 1. The molecule has 11 aromatic rings. The van der Waals surface area contributed by atoms with E-state index in [-0.39, 0.29) is 5.41 Å². The van der Waals surface area contributed by atoms with E-state index in [1.54, 1.807) is 22.9 Å². The highest BCUT2D eigenvalue weighted by Gasteiger charge is 2.38. The van der Waals surface area contributed by atoms with Gasteiger partial charge in [0, 0.05) is 74.4 Å². The lowest BCUT2D eigenvalue weighted by molar-refractivity contribution is 0.660. The molecule has 0 fully saturated rings. The van der Waals surface area contributed by atoms with Crippen LogP contribution >= 0.6 is 11.8 Å². The summed E-state index contributed by atoms with van der Waals surface area (Å²) >= 11 is 1.75. The van der Waals surface area contributed by atoms with Gasteiger partial charge < -0.3 is 14.0 Å². The molecule has 2 aromatic heterocycles. The molecule has 0 amide bonds. The maximum atomic E-state index is 2.54. The molecule has 378 valence electrons. The Morgan fingerprint density at radius 3 is 1.57 bits per heavy atom. The highest BCUT2D eigenvalue weighted by molar-refractivity contribution is 7.97. The summed E-state index contributed by atoms with van der Waals surface area (Å²) in [6.45, 7) is 11.4. The molecule has 0 aliphatic heterocycles. The Balaban J connectivity index is 0.000000162. The van der Waals surface area contributed by atoms with Crippen LogP contribution in [0.5, 0.6) is 0 Å². The molecule has 0 bridgehead atoms. The van der Waals surface area contributed by atoms with Crippen molar-refractivity contribution >= 4 is 83.2 Å². The molecular weight excluding hydrogens is 927 g/mol. The normalized spacial score (nSPS) is 14.0. The van der Waals surface area contributed by atoms with Crippen molar-refractivity contribution in [2.24, 2.45) is 14.1 Å². The molecular formula is C71H73N3S. The lowest BCUT2D eigenvalue weighted by Gasteiger charge is -2.31. The Morgan fingerprint density at radius 1 is 0.453 bits per heavy atom. The molecule has 3 nitrogen and oxygen atoms in total. The van der Waals surface area contributed by atoms with E-state index in [0.717, 1.165) is 12.8 Å². The molecule has 75 heavy (non-hydrogen) atoms. The molecule has 9 aromatic carbocycles. The van der Waals surface area contributed by atoms with Crippen molar-refractivity contribution in [1.29, 1.82) is 0 Å². The van der Waals surface area contributed by atoms with Gasteiger partial charge in [-0.3, -0.25) is 0 Å². The van der Waals surface area contributed by atoms with Crippen LogP contribution in [-0.2, 0) is 51.6 Å². The fourth-order valence-corrected chi connectivity index (χ4v) is 12.7. The first-order valence-corrected chi connectivity index (χ1v) is 29.1. The van der Waals surface area contributed by atoms with Crippen LogP contribution < -0.4 is 4.90 Å². The van der Waals surface area contributed by atoms with E-state index < -0.39 is 0 Å². The fraction of sp³-hybridized carbons (Fsp3) is 0.268. The summed E-state index contributed by atoms with van der Waals surface area (Å²) in [6, 6.07) is 63.9. The first-order valence-electron chi connectivity index (χ1n) is 27.5. The number of benzene rings is 9. The van der Waals surface area contributed by atoms with E-state index in [4.69, 9.17) is 0 Å². The molecule has 0 radical (unpaired) electrons.